The Kier molecular flexibility index (Phi) is 3.94. The molecule has 0 unspecified atom stereocenters. The molecular formula is C14H17FN4. The summed E-state index contributed by atoms with van der Waals surface area (Å²) in [7, 11) is 1.71. The average molecular weight is 260 g/mol. The lowest BCUT2D eigenvalue weighted by Gasteiger charge is -2.24. The molecule has 2 rings (SSSR count). The van der Waals surface area contributed by atoms with E-state index < -0.39 is 5.82 Å². The van der Waals surface area contributed by atoms with Gasteiger partial charge >= 0.3 is 0 Å². The molecule has 0 aliphatic carbocycles. The van der Waals surface area contributed by atoms with Gasteiger partial charge in [0.15, 0.2) is 11.6 Å². The van der Waals surface area contributed by atoms with Gasteiger partial charge in [0.1, 0.15) is 0 Å². The third kappa shape index (κ3) is 2.65. The number of para-hydroxylation sites is 1. The minimum absolute atomic E-state index is 0.288. The lowest BCUT2D eigenvalue weighted by atomic mass is 10.2. The van der Waals surface area contributed by atoms with Crippen molar-refractivity contribution < 1.29 is 4.39 Å². The van der Waals surface area contributed by atoms with Crippen LogP contribution in [0.2, 0.25) is 0 Å². The lowest BCUT2D eigenvalue weighted by Crippen LogP contribution is -2.20. The number of nitrogens with one attached hydrogen (secondary N) is 1. The Balaban J connectivity index is 2.51. The Morgan fingerprint density at radius 1 is 1.32 bits per heavy atom. The Bertz CT molecular complexity index is 571. The van der Waals surface area contributed by atoms with Crippen LogP contribution in [0.25, 0.3) is 0 Å². The molecule has 0 amide bonds. The summed E-state index contributed by atoms with van der Waals surface area (Å²) in [5.74, 6) is 0.267. The first-order valence-electron chi connectivity index (χ1n) is 6.20. The zero-order valence-electron chi connectivity index (χ0n) is 11.3. The number of nitrogens with zero attached hydrogens (tertiary/aromatic N) is 3. The molecule has 0 aliphatic rings. The standard InChI is InChI=1S/C14H17FN4/c1-4-19(12-8-6-5-7-10(12)2)13-11(15)9-17-14(16-3)18-13/h5-9H,4H2,1-3H3,(H,16,17,18). The maximum Gasteiger partial charge on any atom is 0.224 e. The van der Waals surface area contributed by atoms with Crippen molar-refractivity contribution in [2.45, 2.75) is 13.8 Å². The summed E-state index contributed by atoms with van der Waals surface area (Å²) in [5, 5.41) is 2.82. The van der Waals surface area contributed by atoms with E-state index >= 15 is 0 Å². The van der Waals surface area contributed by atoms with Crippen LogP contribution in [-0.4, -0.2) is 23.6 Å². The fourth-order valence-corrected chi connectivity index (χ4v) is 1.97. The summed E-state index contributed by atoms with van der Waals surface area (Å²) in [6.07, 6.45) is 1.19. The monoisotopic (exact) mass is 260 g/mol. The molecule has 19 heavy (non-hydrogen) atoms. The molecule has 0 saturated carbocycles. The van der Waals surface area contributed by atoms with Gasteiger partial charge in [0.05, 0.1) is 6.20 Å². The Morgan fingerprint density at radius 3 is 2.68 bits per heavy atom. The van der Waals surface area contributed by atoms with Crippen molar-refractivity contribution in [1.29, 1.82) is 0 Å². The Morgan fingerprint density at radius 2 is 2.05 bits per heavy atom. The van der Waals surface area contributed by atoms with E-state index in [-0.39, 0.29) is 5.82 Å². The van der Waals surface area contributed by atoms with Gasteiger partial charge in [-0.05, 0) is 25.5 Å². The van der Waals surface area contributed by atoms with Crippen LogP contribution in [0.3, 0.4) is 0 Å². The lowest BCUT2D eigenvalue weighted by molar-refractivity contribution is 0.612. The molecule has 4 nitrogen and oxygen atoms in total. The first-order valence-corrected chi connectivity index (χ1v) is 6.20. The van der Waals surface area contributed by atoms with Gasteiger partial charge in [-0.25, -0.2) is 9.37 Å². The number of hydrogen-bond donors (Lipinski definition) is 1. The molecule has 0 radical (unpaired) electrons. The van der Waals surface area contributed by atoms with Crippen molar-refractivity contribution in [2.24, 2.45) is 0 Å². The van der Waals surface area contributed by atoms with Gasteiger partial charge in [0.25, 0.3) is 0 Å². The van der Waals surface area contributed by atoms with Gasteiger partial charge in [-0.1, -0.05) is 18.2 Å². The van der Waals surface area contributed by atoms with Crippen LogP contribution >= 0.6 is 0 Å². The molecule has 100 valence electrons. The fourth-order valence-electron chi connectivity index (χ4n) is 1.97. The minimum atomic E-state index is -0.427. The number of benzene rings is 1. The number of anilines is 3. The number of rotatable bonds is 4. The van der Waals surface area contributed by atoms with Crippen molar-refractivity contribution in [2.75, 3.05) is 23.8 Å². The van der Waals surface area contributed by atoms with Crippen LogP contribution in [0.1, 0.15) is 12.5 Å². The molecule has 1 N–H and O–H groups in total. The fraction of sp³-hybridized carbons (Fsp3) is 0.286. The number of aryl methyl sites for hydroxylation is 1. The summed E-state index contributed by atoms with van der Waals surface area (Å²) in [6.45, 7) is 4.59. The predicted molar refractivity (Wildman–Crippen MR) is 75.4 cm³/mol. The Labute approximate surface area is 112 Å². The zero-order valence-corrected chi connectivity index (χ0v) is 11.3. The molecule has 0 bridgehead atoms. The van der Waals surface area contributed by atoms with E-state index in [1.54, 1.807) is 7.05 Å². The Hall–Kier alpha value is -2.17. The highest BCUT2D eigenvalue weighted by molar-refractivity contribution is 5.64. The van der Waals surface area contributed by atoms with E-state index in [4.69, 9.17) is 0 Å². The highest BCUT2D eigenvalue weighted by Crippen LogP contribution is 2.28. The molecule has 1 heterocycles. The molecule has 0 saturated heterocycles. The quantitative estimate of drug-likeness (QED) is 0.917. The van der Waals surface area contributed by atoms with E-state index in [9.17, 15) is 4.39 Å². The molecule has 2 aromatic rings. The normalized spacial score (nSPS) is 10.3. The molecule has 0 atom stereocenters. The molecule has 1 aromatic heterocycles. The van der Waals surface area contributed by atoms with Crippen LogP contribution in [0.15, 0.2) is 30.5 Å². The average Bonchev–Trinajstić information content (AvgIpc) is 2.43. The first-order chi connectivity index (χ1) is 9.17. The summed E-state index contributed by atoms with van der Waals surface area (Å²) in [4.78, 5) is 9.91. The van der Waals surface area contributed by atoms with Gasteiger partial charge < -0.3 is 10.2 Å². The van der Waals surface area contributed by atoms with E-state index in [2.05, 4.69) is 15.3 Å². The summed E-state index contributed by atoms with van der Waals surface area (Å²) in [5.41, 5.74) is 2.03. The second kappa shape index (κ2) is 5.65. The maximum atomic E-state index is 14.0. The highest BCUT2D eigenvalue weighted by atomic mass is 19.1. The van der Waals surface area contributed by atoms with Gasteiger partial charge in [-0.2, -0.15) is 4.98 Å². The molecule has 0 spiro atoms. The summed E-state index contributed by atoms with van der Waals surface area (Å²) < 4.78 is 14.0. The van der Waals surface area contributed by atoms with Crippen LogP contribution in [0.4, 0.5) is 21.8 Å². The summed E-state index contributed by atoms with van der Waals surface area (Å²) >= 11 is 0. The van der Waals surface area contributed by atoms with E-state index in [0.29, 0.717) is 12.5 Å². The molecule has 0 aliphatic heterocycles. The van der Waals surface area contributed by atoms with E-state index in [1.807, 2.05) is 43.0 Å². The van der Waals surface area contributed by atoms with Crippen molar-refractivity contribution in [3.63, 3.8) is 0 Å². The van der Waals surface area contributed by atoms with E-state index in [0.717, 1.165) is 11.3 Å². The predicted octanol–water partition coefficient (Wildman–Crippen LogP) is 3.12. The van der Waals surface area contributed by atoms with Crippen LogP contribution < -0.4 is 10.2 Å². The minimum Gasteiger partial charge on any atom is -0.357 e. The second-order valence-corrected chi connectivity index (χ2v) is 4.15. The first kappa shape index (κ1) is 13.3. The zero-order chi connectivity index (χ0) is 13.8. The summed E-state index contributed by atoms with van der Waals surface area (Å²) in [6, 6.07) is 7.85. The molecule has 1 aromatic carbocycles. The molecule has 0 fully saturated rings. The number of halogens is 1. The number of hydrogen-bond acceptors (Lipinski definition) is 4. The van der Waals surface area contributed by atoms with Crippen molar-refractivity contribution >= 4 is 17.5 Å². The smallest absolute Gasteiger partial charge is 0.224 e. The maximum absolute atomic E-state index is 14.0. The van der Waals surface area contributed by atoms with Gasteiger partial charge in [-0.15, -0.1) is 0 Å². The topological polar surface area (TPSA) is 41.1 Å². The van der Waals surface area contributed by atoms with Crippen LogP contribution in [-0.2, 0) is 0 Å². The van der Waals surface area contributed by atoms with Crippen LogP contribution in [0.5, 0.6) is 0 Å². The van der Waals surface area contributed by atoms with Crippen molar-refractivity contribution in [1.82, 2.24) is 9.97 Å². The second-order valence-electron chi connectivity index (χ2n) is 4.15. The SMILES string of the molecule is CCN(c1ccccc1C)c1nc(NC)ncc1F. The van der Waals surface area contributed by atoms with Crippen molar-refractivity contribution in [3.8, 4) is 0 Å². The third-order valence-corrected chi connectivity index (χ3v) is 2.93. The van der Waals surface area contributed by atoms with Gasteiger partial charge in [-0.3, -0.25) is 0 Å². The van der Waals surface area contributed by atoms with Crippen molar-refractivity contribution in [3.05, 3.63) is 41.8 Å². The van der Waals surface area contributed by atoms with E-state index in [1.165, 1.54) is 6.20 Å². The van der Waals surface area contributed by atoms with Gasteiger partial charge in [0, 0.05) is 19.3 Å². The largest absolute Gasteiger partial charge is 0.357 e. The van der Waals surface area contributed by atoms with Gasteiger partial charge in [0.2, 0.25) is 5.95 Å². The molecular weight excluding hydrogens is 243 g/mol. The third-order valence-electron chi connectivity index (χ3n) is 2.93. The highest BCUT2D eigenvalue weighted by Gasteiger charge is 2.16. The number of aromatic nitrogens is 2. The molecule has 5 heteroatoms. The van der Waals surface area contributed by atoms with Crippen LogP contribution in [0, 0.1) is 12.7 Å².